The van der Waals surface area contributed by atoms with Gasteiger partial charge in [0.2, 0.25) is 6.39 Å². The summed E-state index contributed by atoms with van der Waals surface area (Å²) in [6.07, 6.45) is 1.23. The van der Waals surface area contributed by atoms with Crippen molar-refractivity contribution in [3.8, 4) is 11.3 Å². The van der Waals surface area contributed by atoms with Gasteiger partial charge in [0.15, 0.2) is 5.82 Å². The number of hydrogen-bond donors (Lipinski definition) is 2. The van der Waals surface area contributed by atoms with Crippen molar-refractivity contribution in [3.63, 3.8) is 0 Å². The number of benzene rings is 1. The van der Waals surface area contributed by atoms with Crippen LogP contribution in [0.1, 0.15) is 40.4 Å². The standard InChI is InChI=1S/C16H17N5O2/c1-9-4-5-12(6-10(9)2)13-7-14(20-19-13)16(22)18-11(3)15-17-8-23-21-15/h4-8,11H,1-3H3,(H,18,22)(H,19,20)/t11-/m0/s1. The molecule has 3 rings (SSSR count). The van der Waals surface area contributed by atoms with Crippen molar-refractivity contribution in [2.45, 2.75) is 26.8 Å². The normalized spacial score (nSPS) is 12.1. The first-order chi connectivity index (χ1) is 11.0. The predicted molar refractivity (Wildman–Crippen MR) is 83.7 cm³/mol. The number of aryl methyl sites for hydroxylation is 2. The lowest BCUT2D eigenvalue weighted by Crippen LogP contribution is -2.27. The van der Waals surface area contributed by atoms with Crippen LogP contribution in [0.2, 0.25) is 0 Å². The average Bonchev–Trinajstić information content (AvgIpc) is 3.21. The van der Waals surface area contributed by atoms with E-state index in [1.807, 2.05) is 19.1 Å². The highest BCUT2D eigenvalue weighted by Crippen LogP contribution is 2.21. The van der Waals surface area contributed by atoms with E-state index in [0.29, 0.717) is 11.5 Å². The van der Waals surface area contributed by atoms with Crippen LogP contribution in [-0.2, 0) is 0 Å². The number of aromatic amines is 1. The molecule has 0 aliphatic rings. The summed E-state index contributed by atoms with van der Waals surface area (Å²) in [4.78, 5) is 16.2. The maximum absolute atomic E-state index is 12.2. The topological polar surface area (TPSA) is 96.7 Å². The average molecular weight is 311 g/mol. The third kappa shape index (κ3) is 3.13. The number of carbonyl (C=O) groups excluding carboxylic acids is 1. The molecule has 0 fully saturated rings. The van der Waals surface area contributed by atoms with Crippen LogP contribution in [0, 0.1) is 13.8 Å². The van der Waals surface area contributed by atoms with Crippen LogP contribution >= 0.6 is 0 Å². The molecular weight excluding hydrogens is 294 g/mol. The summed E-state index contributed by atoms with van der Waals surface area (Å²) >= 11 is 0. The van der Waals surface area contributed by atoms with Gasteiger partial charge < -0.3 is 9.84 Å². The number of aromatic nitrogens is 4. The molecule has 0 spiro atoms. The van der Waals surface area contributed by atoms with Gasteiger partial charge in [-0.1, -0.05) is 17.3 Å². The molecule has 2 N–H and O–H groups in total. The summed E-state index contributed by atoms with van der Waals surface area (Å²) in [7, 11) is 0. The molecule has 0 bridgehead atoms. The van der Waals surface area contributed by atoms with Crippen LogP contribution < -0.4 is 5.32 Å². The Morgan fingerprint density at radius 1 is 1.26 bits per heavy atom. The van der Waals surface area contributed by atoms with Gasteiger partial charge in [-0.3, -0.25) is 9.89 Å². The number of amides is 1. The Morgan fingerprint density at radius 3 is 2.78 bits per heavy atom. The minimum atomic E-state index is -0.352. The molecule has 2 aromatic heterocycles. The summed E-state index contributed by atoms with van der Waals surface area (Å²) < 4.78 is 4.67. The number of hydrogen-bond acceptors (Lipinski definition) is 5. The Kier molecular flexibility index (Phi) is 3.92. The van der Waals surface area contributed by atoms with Gasteiger partial charge in [0, 0.05) is 5.56 Å². The van der Waals surface area contributed by atoms with Gasteiger partial charge in [-0.15, -0.1) is 0 Å². The van der Waals surface area contributed by atoms with E-state index in [2.05, 4.69) is 43.2 Å². The molecule has 7 nitrogen and oxygen atoms in total. The van der Waals surface area contributed by atoms with Crippen molar-refractivity contribution < 1.29 is 9.32 Å². The lowest BCUT2D eigenvalue weighted by Gasteiger charge is -2.08. The molecule has 0 aliphatic heterocycles. The zero-order valence-corrected chi connectivity index (χ0v) is 13.1. The lowest BCUT2D eigenvalue weighted by molar-refractivity contribution is 0.0933. The van der Waals surface area contributed by atoms with Crippen molar-refractivity contribution in [2.75, 3.05) is 0 Å². The number of H-pyrrole nitrogens is 1. The molecule has 2 heterocycles. The van der Waals surface area contributed by atoms with Gasteiger partial charge >= 0.3 is 0 Å². The van der Waals surface area contributed by atoms with E-state index in [-0.39, 0.29) is 11.9 Å². The number of rotatable bonds is 4. The fourth-order valence-corrected chi connectivity index (χ4v) is 2.20. The maximum atomic E-state index is 12.2. The largest absolute Gasteiger partial charge is 0.343 e. The second-order valence-corrected chi connectivity index (χ2v) is 5.45. The van der Waals surface area contributed by atoms with E-state index in [9.17, 15) is 4.79 Å². The fourth-order valence-electron chi connectivity index (χ4n) is 2.20. The molecular formula is C16H17N5O2. The maximum Gasteiger partial charge on any atom is 0.269 e. The third-order valence-corrected chi connectivity index (χ3v) is 3.74. The van der Waals surface area contributed by atoms with Crippen molar-refractivity contribution in [1.82, 2.24) is 25.7 Å². The molecule has 0 saturated heterocycles. The summed E-state index contributed by atoms with van der Waals surface area (Å²) in [5, 5.41) is 13.5. The Morgan fingerprint density at radius 2 is 2.09 bits per heavy atom. The molecule has 1 amide bonds. The number of nitrogens with one attached hydrogen (secondary N) is 2. The zero-order chi connectivity index (χ0) is 16.4. The van der Waals surface area contributed by atoms with Gasteiger partial charge in [0.25, 0.3) is 5.91 Å². The molecule has 7 heteroatoms. The molecule has 3 aromatic rings. The van der Waals surface area contributed by atoms with Gasteiger partial charge in [-0.2, -0.15) is 10.1 Å². The molecule has 118 valence electrons. The first kappa shape index (κ1) is 15.0. The van der Waals surface area contributed by atoms with Crippen molar-refractivity contribution in [1.29, 1.82) is 0 Å². The van der Waals surface area contributed by atoms with Gasteiger partial charge in [0.1, 0.15) is 5.69 Å². The smallest absolute Gasteiger partial charge is 0.269 e. The van der Waals surface area contributed by atoms with Gasteiger partial charge in [-0.05, 0) is 44.0 Å². The quantitative estimate of drug-likeness (QED) is 0.772. The molecule has 0 radical (unpaired) electrons. The Bertz CT molecular complexity index is 823. The zero-order valence-electron chi connectivity index (χ0n) is 13.1. The van der Waals surface area contributed by atoms with E-state index in [0.717, 1.165) is 11.3 Å². The molecule has 0 saturated carbocycles. The second kappa shape index (κ2) is 6.04. The van der Waals surface area contributed by atoms with Crippen molar-refractivity contribution >= 4 is 5.91 Å². The van der Waals surface area contributed by atoms with E-state index >= 15 is 0 Å². The fraction of sp³-hybridized carbons (Fsp3) is 0.250. The SMILES string of the molecule is Cc1ccc(-c2cc(C(=O)N[C@@H](C)c3ncon3)[nH]n2)cc1C. The minimum Gasteiger partial charge on any atom is -0.343 e. The second-order valence-electron chi connectivity index (χ2n) is 5.45. The Labute approximate surface area is 133 Å². The summed E-state index contributed by atoms with van der Waals surface area (Å²) in [5.41, 5.74) is 4.48. The number of nitrogens with zero attached hydrogens (tertiary/aromatic N) is 3. The van der Waals surface area contributed by atoms with Crippen molar-refractivity contribution in [2.24, 2.45) is 0 Å². The van der Waals surface area contributed by atoms with Gasteiger partial charge in [0.05, 0.1) is 11.7 Å². The highest BCUT2D eigenvalue weighted by molar-refractivity contribution is 5.93. The summed E-state index contributed by atoms with van der Waals surface area (Å²) in [6, 6.07) is 7.45. The molecule has 0 unspecified atom stereocenters. The van der Waals surface area contributed by atoms with Crippen LogP contribution in [0.5, 0.6) is 0 Å². The number of carbonyl (C=O) groups is 1. The first-order valence-corrected chi connectivity index (χ1v) is 7.25. The van der Waals surface area contributed by atoms with Crippen LogP contribution in [0.25, 0.3) is 11.3 Å². The van der Waals surface area contributed by atoms with Crippen LogP contribution in [0.3, 0.4) is 0 Å². The van der Waals surface area contributed by atoms with E-state index in [4.69, 9.17) is 0 Å². The molecule has 1 aromatic carbocycles. The minimum absolute atomic E-state index is 0.273. The molecule has 0 aliphatic carbocycles. The Hall–Kier alpha value is -2.96. The van der Waals surface area contributed by atoms with Crippen molar-refractivity contribution in [3.05, 3.63) is 53.3 Å². The monoisotopic (exact) mass is 311 g/mol. The van der Waals surface area contributed by atoms with Crippen LogP contribution in [0.4, 0.5) is 0 Å². The lowest BCUT2D eigenvalue weighted by atomic mass is 10.0. The van der Waals surface area contributed by atoms with E-state index < -0.39 is 0 Å². The van der Waals surface area contributed by atoms with E-state index in [1.165, 1.54) is 17.5 Å². The van der Waals surface area contributed by atoms with Crippen LogP contribution in [0.15, 0.2) is 35.2 Å². The summed E-state index contributed by atoms with van der Waals surface area (Å²) in [6.45, 7) is 5.89. The molecule has 1 atom stereocenters. The van der Waals surface area contributed by atoms with E-state index in [1.54, 1.807) is 13.0 Å². The highest BCUT2D eigenvalue weighted by atomic mass is 16.5. The van der Waals surface area contributed by atoms with Crippen LogP contribution in [-0.4, -0.2) is 26.2 Å². The third-order valence-electron chi connectivity index (χ3n) is 3.74. The Balaban J connectivity index is 1.76. The highest BCUT2D eigenvalue weighted by Gasteiger charge is 2.17. The molecule has 23 heavy (non-hydrogen) atoms. The first-order valence-electron chi connectivity index (χ1n) is 7.25. The van der Waals surface area contributed by atoms with Gasteiger partial charge in [-0.25, -0.2) is 0 Å². The summed E-state index contributed by atoms with van der Waals surface area (Å²) in [5.74, 6) is 0.150. The predicted octanol–water partition coefficient (Wildman–Crippen LogP) is 2.57.